The number of nitrogens with one attached hydrogen (secondary N) is 2. The number of pyridine rings is 1. The zero-order valence-electron chi connectivity index (χ0n) is 14.8. The molecule has 1 aromatic carbocycles. The van der Waals surface area contributed by atoms with Gasteiger partial charge < -0.3 is 15.2 Å². The predicted molar refractivity (Wildman–Crippen MR) is 99.2 cm³/mol. The van der Waals surface area contributed by atoms with E-state index in [-0.39, 0.29) is 17.5 Å². The summed E-state index contributed by atoms with van der Waals surface area (Å²) in [6.07, 6.45) is 2.59. The van der Waals surface area contributed by atoms with Crippen molar-refractivity contribution in [3.8, 4) is 11.1 Å². The summed E-state index contributed by atoms with van der Waals surface area (Å²) in [6, 6.07) is 11.4. The number of amides is 1. The Morgan fingerprint density at radius 1 is 1.08 bits per heavy atom. The molecule has 2 N–H and O–H groups in total. The highest BCUT2D eigenvalue weighted by atomic mass is 16.2. The summed E-state index contributed by atoms with van der Waals surface area (Å²) >= 11 is 0. The highest BCUT2D eigenvalue weighted by Crippen LogP contribution is 2.19. The van der Waals surface area contributed by atoms with Crippen molar-refractivity contribution in [1.29, 1.82) is 0 Å². The molecule has 25 heavy (non-hydrogen) atoms. The lowest BCUT2D eigenvalue weighted by atomic mass is 10.0. The van der Waals surface area contributed by atoms with E-state index in [9.17, 15) is 9.59 Å². The van der Waals surface area contributed by atoms with Crippen LogP contribution in [0.25, 0.3) is 11.1 Å². The minimum absolute atomic E-state index is 0.0610. The molecule has 1 fully saturated rings. The maximum Gasteiger partial charge on any atom is 0.247 e. The van der Waals surface area contributed by atoms with Crippen molar-refractivity contribution in [2.75, 3.05) is 13.1 Å². The van der Waals surface area contributed by atoms with E-state index in [1.807, 2.05) is 35.2 Å². The highest BCUT2D eigenvalue weighted by Gasteiger charge is 2.28. The van der Waals surface area contributed by atoms with Crippen LogP contribution in [0.4, 0.5) is 0 Å². The van der Waals surface area contributed by atoms with Gasteiger partial charge in [-0.1, -0.05) is 38.1 Å². The topological polar surface area (TPSA) is 65.2 Å². The molecule has 0 spiro atoms. The van der Waals surface area contributed by atoms with Gasteiger partial charge in [0.2, 0.25) is 11.5 Å². The van der Waals surface area contributed by atoms with Gasteiger partial charge in [-0.3, -0.25) is 9.59 Å². The fourth-order valence-corrected chi connectivity index (χ4v) is 3.22. The summed E-state index contributed by atoms with van der Waals surface area (Å²) in [5.41, 5.74) is 3.03. The van der Waals surface area contributed by atoms with Gasteiger partial charge in [-0.25, -0.2) is 0 Å². The molecular weight excluding hydrogens is 314 g/mol. The zero-order valence-corrected chi connectivity index (χ0v) is 14.8. The van der Waals surface area contributed by atoms with Crippen LogP contribution in [-0.2, 0) is 11.3 Å². The van der Waals surface area contributed by atoms with Gasteiger partial charge in [0.1, 0.15) is 0 Å². The molecule has 5 heteroatoms. The van der Waals surface area contributed by atoms with Crippen LogP contribution in [0.15, 0.2) is 47.4 Å². The molecule has 0 aliphatic carbocycles. The summed E-state index contributed by atoms with van der Waals surface area (Å²) in [5.74, 6) is 0.697. The summed E-state index contributed by atoms with van der Waals surface area (Å²) in [5, 5.41) is 3.33. The van der Waals surface area contributed by atoms with E-state index in [1.165, 1.54) is 6.07 Å². The second-order valence-corrected chi connectivity index (χ2v) is 7.03. The first-order valence-electron chi connectivity index (χ1n) is 8.83. The van der Waals surface area contributed by atoms with E-state index in [0.717, 1.165) is 36.2 Å². The predicted octanol–water partition coefficient (Wildman–Crippen LogP) is 2.39. The zero-order chi connectivity index (χ0) is 17.8. The van der Waals surface area contributed by atoms with E-state index >= 15 is 0 Å². The Labute approximate surface area is 148 Å². The Morgan fingerprint density at radius 3 is 2.44 bits per heavy atom. The van der Waals surface area contributed by atoms with Gasteiger partial charge in [0, 0.05) is 31.9 Å². The number of hydrogen-bond acceptors (Lipinski definition) is 3. The second kappa shape index (κ2) is 7.66. The highest BCUT2D eigenvalue weighted by molar-refractivity contribution is 5.82. The Hall–Kier alpha value is -2.40. The molecule has 1 saturated heterocycles. The number of H-pyrrole nitrogens is 1. The molecule has 1 aliphatic rings. The number of benzene rings is 1. The van der Waals surface area contributed by atoms with Crippen LogP contribution < -0.4 is 10.9 Å². The first-order chi connectivity index (χ1) is 12.0. The third kappa shape index (κ3) is 4.37. The van der Waals surface area contributed by atoms with Crippen molar-refractivity contribution in [1.82, 2.24) is 15.2 Å². The van der Waals surface area contributed by atoms with Crippen molar-refractivity contribution >= 4 is 5.91 Å². The standard InChI is InChI=1S/C20H25N3O2/c1-14(2)11-18-20(25)23(10-9-21-18)13-15-3-5-16(6-4-15)17-7-8-19(24)22-12-17/h3-8,12,14,18,21H,9-11,13H2,1-2H3,(H,22,24)/t18-/m0/s1. The second-order valence-electron chi connectivity index (χ2n) is 7.03. The summed E-state index contributed by atoms with van der Waals surface area (Å²) in [6.45, 7) is 6.52. The summed E-state index contributed by atoms with van der Waals surface area (Å²) in [4.78, 5) is 28.4. The first kappa shape index (κ1) is 17.4. The lowest BCUT2D eigenvalue weighted by molar-refractivity contribution is -0.136. The molecular formula is C20H25N3O2. The number of carbonyl (C=O) groups is 1. The molecule has 2 aromatic rings. The lowest BCUT2D eigenvalue weighted by Crippen LogP contribution is -2.54. The monoisotopic (exact) mass is 339 g/mol. The van der Waals surface area contributed by atoms with Crippen molar-refractivity contribution < 1.29 is 4.79 Å². The quantitative estimate of drug-likeness (QED) is 0.879. The number of piperazine rings is 1. The summed E-state index contributed by atoms with van der Waals surface area (Å²) in [7, 11) is 0. The average Bonchev–Trinajstić information content (AvgIpc) is 2.59. The SMILES string of the molecule is CC(C)C[C@@H]1NCCN(Cc2ccc(-c3ccc(=O)[nH]c3)cc2)C1=O. The number of hydrogen-bond donors (Lipinski definition) is 2. The smallest absolute Gasteiger partial charge is 0.247 e. The normalized spacial score (nSPS) is 18.0. The number of nitrogens with zero attached hydrogens (tertiary/aromatic N) is 1. The van der Waals surface area contributed by atoms with E-state index in [4.69, 9.17) is 0 Å². The van der Waals surface area contributed by atoms with Gasteiger partial charge in [-0.15, -0.1) is 0 Å². The average molecular weight is 339 g/mol. The summed E-state index contributed by atoms with van der Waals surface area (Å²) < 4.78 is 0. The van der Waals surface area contributed by atoms with Crippen molar-refractivity contribution in [3.63, 3.8) is 0 Å². The van der Waals surface area contributed by atoms with E-state index in [2.05, 4.69) is 24.1 Å². The fourth-order valence-electron chi connectivity index (χ4n) is 3.22. The number of aromatic amines is 1. The molecule has 0 unspecified atom stereocenters. The van der Waals surface area contributed by atoms with Gasteiger partial charge in [-0.05, 0) is 35.1 Å². The molecule has 1 aliphatic heterocycles. The number of aromatic nitrogens is 1. The van der Waals surface area contributed by atoms with Gasteiger partial charge in [0.25, 0.3) is 0 Å². The molecule has 2 heterocycles. The van der Waals surface area contributed by atoms with Crippen LogP contribution in [0.1, 0.15) is 25.8 Å². The van der Waals surface area contributed by atoms with Gasteiger partial charge in [-0.2, -0.15) is 0 Å². The Balaban J connectivity index is 1.67. The maximum absolute atomic E-state index is 12.6. The Morgan fingerprint density at radius 2 is 1.80 bits per heavy atom. The molecule has 1 atom stereocenters. The minimum Gasteiger partial charge on any atom is -0.336 e. The fraction of sp³-hybridized carbons (Fsp3) is 0.400. The van der Waals surface area contributed by atoms with Crippen LogP contribution in [0.3, 0.4) is 0 Å². The van der Waals surface area contributed by atoms with E-state index in [1.54, 1.807) is 6.20 Å². The third-order valence-corrected chi connectivity index (χ3v) is 4.53. The Bertz CT molecular complexity index is 760. The Kier molecular flexibility index (Phi) is 5.34. The van der Waals surface area contributed by atoms with Crippen LogP contribution in [0.2, 0.25) is 0 Å². The molecule has 0 saturated carbocycles. The molecule has 1 aromatic heterocycles. The van der Waals surface area contributed by atoms with Gasteiger partial charge >= 0.3 is 0 Å². The minimum atomic E-state index is -0.103. The van der Waals surface area contributed by atoms with Crippen molar-refractivity contribution in [2.24, 2.45) is 5.92 Å². The van der Waals surface area contributed by atoms with Crippen molar-refractivity contribution in [3.05, 3.63) is 58.5 Å². The van der Waals surface area contributed by atoms with Crippen LogP contribution >= 0.6 is 0 Å². The van der Waals surface area contributed by atoms with Gasteiger partial charge in [0.05, 0.1) is 6.04 Å². The van der Waals surface area contributed by atoms with Crippen LogP contribution in [0.5, 0.6) is 0 Å². The molecule has 132 valence electrons. The first-order valence-corrected chi connectivity index (χ1v) is 8.83. The van der Waals surface area contributed by atoms with Crippen molar-refractivity contribution in [2.45, 2.75) is 32.9 Å². The van der Waals surface area contributed by atoms with E-state index < -0.39 is 0 Å². The van der Waals surface area contributed by atoms with Crippen LogP contribution in [-0.4, -0.2) is 34.9 Å². The molecule has 1 amide bonds. The molecule has 3 rings (SSSR count). The maximum atomic E-state index is 12.6. The molecule has 0 bridgehead atoms. The number of rotatable bonds is 5. The van der Waals surface area contributed by atoms with Gasteiger partial charge in [0.15, 0.2) is 0 Å². The lowest BCUT2D eigenvalue weighted by Gasteiger charge is -2.34. The van der Waals surface area contributed by atoms with E-state index in [0.29, 0.717) is 12.5 Å². The molecule has 0 radical (unpaired) electrons. The largest absolute Gasteiger partial charge is 0.336 e. The number of carbonyl (C=O) groups excluding carboxylic acids is 1. The van der Waals surface area contributed by atoms with Crippen LogP contribution in [0, 0.1) is 5.92 Å². The molecule has 5 nitrogen and oxygen atoms in total. The third-order valence-electron chi connectivity index (χ3n) is 4.53.